The van der Waals surface area contributed by atoms with E-state index in [4.69, 9.17) is 0 Å². The molecule has 0 fully saturated rings. The number of nitrogens with zero attached hydrogens (tertiary/aromatic N) is 3. The standard InChI is InChI=1S/C14H11BrFN3/c15-11-7-8-19-14(9-11)17-13(18-19)6-5-10-3-1-2-4-12(10)16/h1-4,7-9H,5-6H2. The Hall–Kier alpha value is -1.75. The molecule has 19 heavy (non-hydrogen) atoms. The highest BCUT2D eigenvalue weighted by Gasteiger charge is 2.06. The van der Waals surface area contributed by atoms with Crippen molar-refractivity contribution < 1.29 is 4.39 Å². The van der Waals surface area contributed by atoms with E-state index in [2.05, 4.69) is 26.0 Å². The number of aromatic nitrogens is 3. The van der Waals surface area contributed by atoms with Gasteiger partial charge in [-0.05, 0) is 30.2 Å². The molecule has 0 atom stereocenters. The van der Waals surface area contributed by atoms with Crippen LogP contribution < -0.4 is 0 Å². The topological polar surface area (TPSA) is 30.2 Å². The zero-order valence-corrected chi connectivity index (χ0v) is 11.6. The van der Waals surface area contributed by atoms with E-state index in [0.717, 1.165) is 15.9 Å². The average molecular weight is 320 g/mol. The molecule has 0 spiro atoms. The van der Waals surface area contributed by atoms with E-state index in [1.165, 1.54) is 6.07 Å². The van der Waals surface area contributed by atoms with Crippen molar-refractivity contribution >= 4 is 21.6 Å². The summed E-state index contributed by atoms with van der Waals surface area (Å²) < 4.78 is 16.2. The van der Waals surface area contributed by atoms with Crippen molar-refractivity contribution in [3.8, 4) is 0 Å². The first-order valence-corrected chi connectivity index (χ1v) is 6.76. The lowest BCUT2D eigenvalue weighted by atomic mass is 10.1. The maximum atomic E-state index is 13.5. The summed E-state index contributed by atoms with van der Waals surface area (Å²) in [6, 6.07) is 10.6. The molecule has 0 saturated heterocycles. The van der Waals surface area contributed by atoms with Gasteiger partial charge in [-0.25, -0.2) is 13.9 Å². The van der Waals surface area contributed by atoms with Gasteiger partial charge in [-0.15, -0.1) is 0 Å². The van der Waals surface area contributed by atoms with Crippen molar-refractivity contribution in [1.29, 1.82) is 0 Å². The quantitative estimate of drug-likeness (QED) is 0.740. The van der Waals surface area contributed by atoms with Crippen molar-refractivity contribution in [3.05, 3.63) is 64.3 Å². The van der Waals surface area contributed by atoms with Gasteiger partial charge in [0.2, 0.25) is 0 Å². The number of hydrogen-bond donors (Lipinski definition) is 0. The largest absolute Gasteiger partial charge is 0.221 e. The number of halogens is 2. The lowest BCUT2D eigenvalue weighted by Crippen LogP contribution is -1.96. The smallest absolute Gasteiger partial charge is 0.156 e. The van der Waals surface area contributed by atoms with Gasteiger partial charge >= 0.3 is 0 Å². The molecule has 3 aromatic rings. The number of fused-ring (bicyclic) bond motifs is 1. The van der Waals surface area contributed by atoms with Crippen LogP contribution in [0.5, 0.6) is 0 Å². The molecule has 3 nitrogen and oxygen atoms in total. The molecule has 0 bridgehead atoms. The van der Waals surface area contributed by atoms with Gasteiger partial charge in [0.1, 0.15) is 5.82 Å². The first-order valence-electron chi connectivity index (χ1n) is 5.96. The Morgan fingerprint density at radius 2 is 2.00 bits per heavy atom. The van der Waals surface area contributed by atoms with Gasteiger partial charge in [-0.1, -0.05) is 34.1 Å². The maximum Gasteiger partial charge on any atom is 0.156 e. The second-order valence-electron chi connectivity index (χ2n) is 4.27. The zero-order chi connectivity index (χ0) is 13.2. The molecule has 3 rings (SSSR count). The van der Waals surface area contributed by atoms with Gasteiger partial charge in [0.15, 0.2) is 11.5 Å². The highest BCUT2D eigenvalue weighted by Crippen LogP contribution is 2.13. The summed E-state index contributed by atoms with van der Waals surface area (Å²) in [6.45, 7) is 0. The maximum absolute atomic E-state index is 13.5. The minimum Gasteiger partial charge on any atom is -0.221 e. The second kappa shape index (κ2) is 5.09. The molecule has 0 unspecified atom stereocenters. The summed E-state index contributed by atoms with van der Waals surface area (Å²) in [5.74, 6) is 0.551. The zero-order valence-electron chi connectivity index (χ0n) is 10.1. The van der Waals surface area contributed by atoms with E-state index < -0.39 is 0 Å². The fraction of sp³-hybridized carbons (Fsp3) is 0.143. The van der Waals surface area contributed by atoms with E-state index in [1.807, 2.05) is 24.4 Å². The molecule has 0 aliphatic carbocycles. The number of aryl methyl sites for hydroxylation is 2. The van der Waals surface area contributed by atoms with Crippen molar-refractivity contribution in [1.82, 2.24) is 14.6 Å². The Bertz CT molecular complexity index is 724. The molecule has 0 N–H and O–H groups in total. The van der Waals surface area contributed by atoms with E-state index in [0.29, 0.717) is 18.4 Å². The fourth-order valence-electron chi connectivity index (χ4n) is 1.96. The van der Waals surface area contributed by atoms with Crippen LogP contribution in [0.2, 0.25) is 0 Å². The third kappa shape index (κ3) is 2.66. The lowest BCUT2D eigenvalue weighted by molar-refractivity contribution is 0.607. The number of benzene rings is 1. The predicted molar refractivity (Wildman–Crippen MR) is 74.5 cm³/mol. The molecule has 0 aliphatic heterocycles. The lowest BCUT2D eigenvalue weighted by Gasteiger charge is -1.99. The van der Waals surface area contributed by atoms with Crippen LogP contribution in [0.4, 0.5) is 4.39 Å². The van der Waals surface area contributed by atoms with E-state index >= 15 is 0 Å². The van der Waals surface area contributed by atoms with Crippen LogP contribution in [0.1, 0.15) is 11.4 Å². The van der Waals surface area contributed by atoms with Crippen LogP contribution in [0, 0.1) is 5.82 Å². The number of rotatable bonds is 3. The van der Waals surface area contributed by atoms with Gasteiger partial charge in [0.25, 0.3) is 0 Å². The molecule has 0 radical (unpaired) electrons. The second-order valence-corrected chi connectivity index (χ2v) is 5.18. The summed E-state index contributed by atoms with van der Waals surface area (Å²) >= 11 is 3.40. The minimum atomic E-state index is -0.172. The minimum absolute atomic E-state index is 0.172. The molecule has 0 amide bonds. The predicted octanol–water partition coefficient (Wildman–Crippen LogP) is 3.42. The van der Waals surface area contributed by atoms with Crippen LogP contribution in [-0.4, -0.2) is 14.6 Å². The molecular weight excluding hydrogens is 309 g/mol. The Balaban J connectivity index is 1.80. The molecule has 2 aromatic heterocycles. The molecule has 0 aliphatic rings. The number of hydrogen-bond acceptors (Lipinski definition) is 2. The van der Waals surface area contributed by atoms with Gasteiger partial charge in [0, 0.05) is 17.1 Å². The van der Waals surface area contributed by atoms with Crippen molar-refractivity contribution in [2.24, 2.45) is 0 Å². The van der Waals surface area contributed by atoms with Gasteiger partial charge in [-0.3, -0.25) is 0 Å². The highest BCUT2D eigenvalue weighted by atomic mass is 79.9. The third-order valence-corrected chi connectivity index (χ3v) is 3.41. The summed E-state index contributed by atoms with van der Waals surface area (Å²) in [7, 11) is 0. The molecular formula is C14H11BrFN3. The monoisotopic (exact) mass is 319 g/mol. The molecule has 5 heteroatoms. The summed E-state index contributed by atoms with van der Waals surface area (Å²) in [4.78, 5) is 4.42. The van der Waals surface area contributed by atoms with Gasteiger partial charge in [-0.2, -0.15) is 5.10 Å². The van der Waals surface area contributed by atoms with Gasteiger partial charge in [0.05, 0.1) is 0 Å². The first-order chi connectivity index (χ1) is 9.22. The van der Waals surface area contributed by atoms with Crippen LogP contribution in [0.15, 0.2) is 47.1 Å². The summed E-state index contributed by atoms with van der Waals surface area (Å²) in [6.07, 6.45) is 3.07. The third-order valence-electron chi connectivity index (χ3n) is 2.92. The van der Waals surface area contributed by atoms with Crippen molar-refractivity contribution in [3.63, 3.8) is 0 Å². The van der Waals surface area contributed by atoms with Crippen LogP contribution in [0.3, 0.4) is 0 Å². The summed E-state index contributed by atoms with van der Waals surface area (Å²) in [5.41, 5.74) is 1.49. The van der Waals surface area contributed by atoms with E-state index in [-0.39, 0.29) is 5.82 Å². The number of pyridine rings is 1. The van der Waals surface area contributed by atoms with E-state index in [1.54, 1.807) is 16.6 Å². The summed E-state index contributed by atoms with van der Waals surface area (Å²) in [5, 5.41) is 4.36. The Labute approximate surface area is 118 Å². The van der Waals surface area contributed by atoms with Crippen molar-refractivity contribution in [2.75, 3.05) is 0 Å². The SMILES string of the molecule is Fc1ccccc1CCc1nc2cc(Br)ccn2n1. The Morgan fingerprint density at radius 3 is 2.84 bits per heavy atom. The van der Waals surface area contributed by atoms with E-state index in [9.17, 15) is 4.39 Å². The average Bonchev–Trinajstić information content (AvgIpc) is 2.79. The Morgan fingerprint density at radius 1 is 1.16 bits per heavy atom. The first kappa shape index (κ1) is 12.3. The van der Waals surface area contributed by atoms with Gasteiger partial charge < -0.3 is 0 Å². The van der Waals surface area contributed by atoms with Crippen molar-refractivity contribution in [2.45, 2.75) is 12.8 Å². The molecule has 1 aromatic carbocycles. The molecule has 0 saturated carbocycles. The normalized spacial score (nSPS) is 11.1. The Kier molecular flexibility index (Phi) is 3.29. The fourth-order valence-corrected chi connectivity index (χ4v) is 2.28. The van der Waals surface area contributed by atoms with Crippen LogP contribution >= 0.6 is 15.9 Å². The van der Waals surface area contributed by atoms with Crippen LogP contribution in [-0.2, 0) is 12.8 Å². The molecule has 96 valence electrons. The highest BCUT2D eigenvalue weighted by molar-refractivity contribution is 9.10. The van der Waals surface area contributed by atoms with Crippen LogP contribution in [0.25, 0.3) is 5.65 Å². The molecule has 2 heterocycles.